The highest BCUT2D eigenvalue weighted by Gasteiger charge is 2.15. The summed E-state index contributed by atoms with van der Waals surface area (Å²) < 4.78 is 0. The van der Waals surface area contributed by atoms with Gasteiger partial charge in [0.25, 0.3) is 0 Å². The minimum absolute atomic E-state index is 0.0663. The molecule has 0 radical (unpaired) electrons. The number of nitrogens with zero attached hydrogens (tertiary/aromatic N) is 2. The second-order valence-electron chi connectivity index (χ2n) is 7.81. The van der Waals surface area contributed by atoms with Gasteiger partial charge in [-0.3, -0.25) is 0 Å². The lowest BCUT2D eigenvalue weighted by molar-refractivity contribution is 0.451. The van der Waals surface area contributed by atoms with Crippen molar-refractivity contribution in [2.24, 2.45) is 0 Å². The molecule has 1 heterocycles. The molecular formula is C28H20N2O4. The van der Waals surface area contributed by atoms with E-state index in [0.29, 0.717) is 28.3 Å². The second kappa shape index (κ2) is 8.60. The van der Waals surface area contributed by atoms with E-state index in [0.717, 1.165) is 16.7 Å². The fraction of sp³-hybridized carbons (Fsp3) is 0. The summed E-state index contributed by atoms with van der Waals surface area (Å²) in [4.78, 5) is 9.31. The van der Waals surface area contributed by atoms with Gasteiger partial charge in [0.15, 0.2) is 5.82 Å². The maximum atomic E-state index is 10.4. The lowest BCUT2D eigenvalue weighted by Crippen LogP contribution is -1.96. The number of hydrogen-bond donors (Lipinski definition) is 4. The van der Waals surface area contributed by atoms with E-state index in [9.17, 15) is 20.4 Å². The van der Waals surface area contributed by atoms with E-state index >= 15 is 0 Å². The fourth-order valence-electron chi connectivity index (χ4n) is 3.77. The maximum absolute atomic E-state index is 10.4. The molecule has 166 valence electrons. The molecule has 0 bridgehead atoms. The highest BCUT2D eigenvalue weighted by molar-refractivity contribution is 5.78. The normalized spacial score (nSPS) is 10.8. The molecule has 6 heteroatoms. The minimum atomic E-state index is -0.134. The van der Waals surface area contributed by atoms with Crippen molar-refractivity contribution in [3.05, 3.63) is 97.1 Å². The van der Waals surface area contributed by atoms with Crippen LogP contribution in [0, 0.1) is 0 Å². The van der Waals surface area contributed by atoms with Gasteiger partial charge in [-0.1, -0.05) is 54.6 Å². The first kappa shape index (κ1) is 21.0. The van der Waals surface area contributed by atoms with Crippen LogP contribution < -0.4 is 0 Å². The highest BCUT2D eigenvalue weighted by Crippen LogP contribution is 2.37. The van der Waals surface area contributed by atoms with Crippen molar-refractivity contribution in [3.8, 4) is 68.0 Å². The van der Waals surface area contributed by atoms with E-state index < -0.39 is 0 Å². The summed E-state index contributed by atoms with van der Waals surface area (Å²) in [5, 5.41) is 40.2. The topological polar surface area (TPSA) is 107 Å². The number of benzene rings is 4. The van der Waals surface area contributed by atoms with Gasteiger partial charge >= 0.3 is 0 Å². The van der Waals surface area contributed by atoms with Crippen molar-refractivity contribution < 1.29 is 20.4 Å². The SMILES string of the molecule is Oc1ccc(-c2cc(-c3ccc(O)cc3O)nc(-c3ccc(-c4ccccc4)cc3)n2)c(O)c1. The molecule has 0 aliphatic heterocycles. The molecule has 0 amide bonds. The van der Waals surface area contributed by atoms with Gasteiger partial charge in [0.1, 0.15) is 23.0 Å². The summed E-state index contributed by atoms with van der Waals surface area (Å²) >= 11 is 0. The predicted molar refractivity (Wildman–Crippen MR) is 130 cm³/mol. The molecule has 0 atom stereocenters. The minimum Gasteiger partial charge on any atom is -0.508 e. The fourth-order valence-corrected chi connectivity index (χ4v) is 3.77. The Morgan fingerprint density at radius 1 is 0.441 bits per heavy atom. The van der Waals surface area contributed by atoms with Crippen LogP contribution in [0.5, 0.6) is 23.0 Å². The van der Waals surface area contributed by atoms with E-state index in [4.69, 9.17) is 0 Å². The van der Waals surface area contributed by atoms with Crippen LogP contribution in [0.1, 0.15) is 0 Å². The summed E-state index contributed by atoms with van der Waals surface area (Å²) in [7, 11) is 0. The third-order valence-corrected chi connectivity index (χ3v) is 5.49. The Morgan fingerprint density at radius 3 is 1.41 bits per heavy atom. The first-order valence-electron chi connectivity index (χ1n) is 10.6. The first-order chi connectivity index (χ1) is 16.5. The maximum Gasteiger partial charge on any atom is 0.160 e. The summed E-state index contributed by atoms with van der Waals surface area (Å²) in [6.45, 7) is 0. The first-order valence-corrected chi connectivity index (χ1v) is 10.6. The molecule has 4 aromatic carbocycles. The van der Waals surface area contributed by atoms with Gasteiger partial charge < -0.3 is 20.4 Å². The number of aromatic nitrogens is 2. The van der Waals surface area contributed by atoms with Crippen LogP contribution in [0.3, 0.4) is 0 Å². The molecule has 0 unspecified atom stereocenters. The lowest BCUT2D eigenvalue weighted by atomic mass is 10.0. The van der Waals surface area contributed by atoms with Gasteiger partial charge in [-0.25, -0.2) is 9.97 Å². The molecule has 34 heavy (non-hydrogen) atoms. The lowest BCUT2D eigenvalue weighted by Gasteiger charge is -2.12. The molecular weight excluding hydrogens is 428 g/mol. The van der Waals surface area contributed by atoms with Crippen LogP contribution >= 0.6 is 0 Å². The molecule has 0 saturated heterocycles. The van der Waals surface area contributed by atoms with Crippen molar-refractivity contribution in [1.82, 2.24) is 9.97 Å². The average molecular weight is 448 g/mol. The summed E-state index contributed by atoms with van der Waals surface area (Å²) in [6.07, 6.45) is 0. The Bertz CT molecular complexity index is 1410. The molecule has 4 N–H and O–H groups in total. The molecule has 0 spiro atoms. The Morgan fingerprint density at radius 2 is 0.912 bits per heavy atom. The summed E-state index contributed by atoms with van der Waals surface area (Å²) in [5.41, 5.74) is 4.53. The zero-order valence-corrected chi connectivity index (χ0v) is 17.9. The molecule has 5 rings (SSSR count). The van der Waals surface area contributed by atoms with Gasteiger partial charge in [0.2, 0.25) is 0 Å². The largest absolute Gasteiger partial charge is 0.508 e. The average Bonchev–Trinajstić information content (AvgIpc) is 2.84. The number of hydrogen-bond acceptors (Lipinski definition) is 6. The zero-order chi connectivity index (χ0) is 23.7. The predicted octanol–water partition coefficient (Wildman–Crippen LogP) is 5.97. The molecule has 0 aliphatic carbocycles. The number of rotatable bonds is 4. The van der Waals surface area contributed by atoms with Crippen LogP contribution in [-0.2, 0) is 0 Å². The molecule has 0 aliphatic rings. The third-order valence-electron chi connectivity index (χ3n) is 5.49. The van der Waals surface area contributed by atoms with Crippen molar-refractivity contribution in [2.45, 2.75) is 0 Å². The van der Waals surface area contributed by atoms with Crippen LogP contribution in [-0.4, -0.2) is 30.4 Å². The standard InChI is InChI=1S/C28H20N2O4/c31-20-10-12-22(26(33)14-20)24-16-25(23-13-11-21(32)15-27(23)34)30-28(29-24)19-8-6-18(7-9-19)17-4-2-1-3-5-17/h1-16,31-34H. The highest BCUT2D eigenvalue weighted by atomic mass is 16.3. The van der Waals surface area contributed by atoms with Crippen molar-refractivity contribution >= 4 is 0 Å². The Balaban J connectivity index is 1.65. The third kappa shape index (κ3) is 4.12. The summed E-state index contributed by atoms with van der Waals surface area (Å²) in [6, 6.07) is 28.0. The monoisotopic (exact) mass is 448 g/mol. The number of phenols is 4. The molecule has 0 fully saturated rings. The van der Waals surface area contributed by atoms with E-state index in [1.807, 2.05) is 54.6 Å². The Kier molecular flexibility index (Phi) is 5.32. The van der Waals surface area contributed by atoms with Gasteiger partial charge in [-0.05, 0) is 41.5 Å². The zero-order valence-electron chi connectivity index (χ0n) is 17.9. The number of aromatic hydroxyl groups is 4. The Labute approximate surface area is 195 Å². The van der Waals surface area contributed by atoms with Gasteiger partial charge in [-0.15, -0.1) is 0 Å². The molecule has 0 saturated carbocycles. The van der Waals surface area contributed by atoms with Crippen LogP contribution in [0.25, 0.3) is 45.0 Å². The van der Waals surface area contributed by atoms with Crippen molar-refractivity contribution in [1.29, 1.82) is 0 Å². The smallest absolute Gasteiger partial charge is 0.160 e. The van der Waals surface area contributed by atoms with Crippen LogP contribution in [0.15, 0.2) is 97.1 Å². The van der Waals surface area contributed by atoms with Gasteiger partial charge in [-0.2, -0.15) is 0 Å². The van der Waals surface area contributed by atoms with Crippen molar-refractivity contribution in [2.75, 3.05) is 0 Å². The van der Waals surface area contributed by atoms with Crippen molar-refractivity contribution in [3.63, 3.8) is 0 Å². The van der Waals surface area contributed by atoms with Gasteiger partial charge in [0.05, 0.1) is 11.4 Å². The molecule has 5 aromatic rings. The van der Waals surface area contributed by atoms with Crippen LogP contribution in [0.4, 0.5) is 0 Å². The second-order valence-corrected chi connectivity index (χ2v) is 7.81. The van der Waals surface area contributed by atoms with E-state index in [1.165, 1.54) is 24.3 Å². The molecule has 1 aromatic heterocycles. The van der Waals surface area contributed by atoms with E-state index in [2.05, 4.69) is 9.97 Å². The number of phenolic OH excluding ortho intramolecular Hbond substituents is 4. The van der Waals surface area contributed by atoms with Crippen LogP contribution in [0.2, 0.25) is 0 Å². The van der Waals surface area contributed by atoms with E-state index in [1.54, 1.807) is 18.2 Å². The quantitative estimate of drug-likeness (QED) is 0.270. The Hall–Kier alpha value is -4.84. The molecule has 6 nitrogen and oxygen atoms in total. The van der Waals surface area contributed by atoms with Gasteiger partial charge in [0, 0.05) is 28.8 Å². The van der Waals surface area contributed by atoms with E-state index in [-0.39, 0.29) is 23.0 Å². The summed E-state index contributed by atoms with van der Waals surface area (Å²) in [5.74, 6) is -0.00571.